The van der Waals surface area contributed by atoms with E-state index >= 15 is 0 Å². The second kappa shape index (κ2) is 8.35. The molecular formula is C14H23N3O3. The van der Waals surface area contributed by atoms with E-state index in [2.05, 4.69) is 10.3 Å². The zero-order chi connectivity index (χ0) is 15.0. The van der Waals surface area contributed by atoms with Crippen molar-refractivity contribution < 1.29 is 9.90 Å². The minimum absolute atomic E-state index is 0.104. The van der Waals surface area contributed by atoms with Gasteiger partial charge in [-0.05, 0) is 25.2 Å². The molecule has 0 aliphatic rings. The van der Waals surface area contributed by atoms with Crippen LogP contribution in [0.15, 0.2) is 17.2 Å². The molecule has 0 fully saturated rings. The highest BCUT2D eigenvalue weighted by Gasteiger charge is 2.07. The van der Waals surface area contributed by atoms with Crippen molar-refractivity contribution in [1.29, 1.82) is 0 Å². The first-order chi connectivity index (χ1) is 9.54. The fourth-order valence-electron chi connectivity index (χ4n) is 1.94. The zero-order valence-electron chi connectivity index (χ0n) is 12.1. The molecule has 1 heterocycles. The topological polar surface area (TPSA) is 84.2 Å². The van der Waals surface area contributed by atoms with Crippen LogP contribution in [0, 0.1) is 5.92 Å². The summed E-state index contributed by atoms with van der Waals surface area (Å²) in [5, 5.41) is 11.7. The van der Waals surface area contributed by atoms with Crippen molar-refractivity contribution >= 4 is 11.8 Å². The molecule has 0 spiro atoms. The largest absolute Gasteiger partial charge is 0.481 e. The number of anilines is 1. The Labute approximate surface area is 118 Å². The van der Waals surface area contributed by atoms with Crippen LogP contribution in [0.3, 0.4) is 0 Å². The molecule has 1 rings (SSSR count). The Morgan fingerprint density at radius 2 is 2.25 bits per heavy atom. The Morgan fingerprint density at radius 3 is 2.90 bits per heavy atom. The van der Waals surface area contributed by atoms with Gasteiger partial charge in [0, 0.05) is 31.9 Å². The molecule has 6 heteroatoms. The molecule has 0 aromatic carbocycles. The number of nitrogens with zero attached hydrogens (tertiary/aromatic N) is 2. The molecule has 0 saturated heterocycles. The number of carboxylic acids is 1. The molecule has 20 heavy (non-hydrogen) atoms. The molecule has 2 N–H and O–H groups in total. The maximum Gasteiger partial charge on any atom is 0.303 e. The van der Waals surface area contributed by atoms with E-state index in [9.17, 15) is 9.59 Å². The second-order valence-corrected chi connectivity index (χ2v) is 5.03. The van der Waals surface area contributed by atoms with Gasteiger partial charge in [0.15, 0.2) is 5.82 Å². The van der Waals surface area contributed by atoms with Crippen molar-refractivity contribution in [3.05, 3.63) is 22.7 Å². The van der Waals surface area contributed by atoms with Crippen LogP contribution in [-0.2, 0) is 11.3 Å². The summed E-state index contributed by atoms with van der Waals surface area (Å²) in [4.78, 5) is 26.5. The zero-order valence-corrected chi connectivity index (χ0v) is 12.1. The average Bonchev–Trinajstić information content (AvgIpc) is 2.41. The Balaban J connectivity index is 2.44. The van der Waals surface area contributed by atoms with Crippen LogP contribution in [0.1, 0.15) is 39.5 Å². The molecule has 1 unspecified atom stereocenters. The number of nitrogens with one attached hydrogen (secondary N) is 1. The first-order valence-electron chi connectivity index (χ1n) is 7.05. The molecule has 0 aliphatic carbocycles. The maximum absolute atomic E-state index is 12.0. The van der Waals surface area contributed by atoms with Crippen LogP contribution in [0.5, 0.6) is 0 Å². The van der Waals surface area contributed by atoms with Crippen LogP contribution in [0.25, 0.3) is 0 Å². The Morgan fingerprint density at radius 1 is 1.50 bits per heavy atom. The van der Waals surface area contributed by atoms with Crippen molar-refractivity contribution in [2.45, 2.75) is 46.1 Å². The molecule has 1 aromatic rings. The molecule has 0 aliphatic heterocycles. The molecule has 0 bridgehead atoms. The summed E-state index contributed by atoms with van der Waals surface area (Å²) in [5.74, 6) is -0.0939. The van der Waals surface area contributed by atoms with Crippen LogP contribution in [-0.4, -0.2) is 27.2 Å². The minimum atomic E-state index is -0.767. The van der Waals surface area contributed by atoms with E-state index in [0.717, 1.165) is 12.8 Å². The molecule has 1 aromatic heterocycles. The number of aryl methyl sites for hydroxylation is 1. The van der Waals surface area contributed by atoms with E-state index < -0.39 is 5.97 Å². The van der Waals surface area contributed by atoms with Crippen LogP contribution in [0.2, 0.25) is 0 Å². The summed E-state index contributed by atoms with van der Waals surface area (Å²) in [6.45, 7) is 5.34. The SMILES string of the molecule is CCCn1ccnc(NCCC(C)CCC(=O)O)c1=O. The number of carboxylic acid groups (broad SMARTS) is 1. The van der Waals surface area contributed by atoms with Crippen LogP contribution < -0.4 is 10.9 Å². The molecule has 0 saturated carbocycles. The van der Waals surface area contributed by atoms with E-state index in [1.165, 1.54) is 0 Å². The highest BCUT2D eigenvalue weighted by atomic mass is 16.4. The lowest BCUT2D eigenvalue weighted by molar-refractivity contribution is -0.137. The van der Waals surface area contributed by atoms with Gasteiger partial charge in [-0.3, -0.25) is 9.59 Å². The number of carbonyl (C=O) groups is 1. The van der Waals surface area contributed by atoms with Crippen molar-refractivity contribution in [1.82, 2.24) is 9.55 Å². The average molecular weight is 281 g/mol. The third-order valence-corrected chi connectivity index (χ3v) is 3.16. The van der Waals surface area contributed by atoms with Gasteiger partial charge in [-0.25, -0.2) is 4.98 Å². The molecular weight excluding hydrogens is 258 g/mol. The third kappa shape index (κ3) is 5.42. The van der Waals surface area contributed by atoms with Gasteiger partial charge >= 0.3 is 5.97 Å². The van der Waals surface area contributed by atoms with E-state index in [1.807, 2.05) is 13.8 Å². The summed E-state index contributed by atoms with van der Waals surface area (Å²) in [7, 11) is 0. The second-order valence-electron chi connectivity index (χ2n) is 5.03. The lowest BCUT2D eigenvalue weighted by Crippen LogP contribution is -2.25. The van der Waals surface area contributed by atoms with E-state index in [-0.39, 0.29) is 12.0 Å². The lowest BCUT2D eigenvalue weighted by atomic mass is 10.0. The Hall–Kier alpha value is -1.85. The number of aromatic nitrogens is 2. The Kier molecular flexibility index (Phi) is 6.76. The molecule has 6 nitrogen and oxygen atoms in total. The quantitative estimate of drug-likeness (QED) is 0.722. The number of hydrogen-bond acceptors (Lipinski definition) is 4. The summed E-state index contributed by atoms with van der Waals surface area (Å²) in [6, 6.07) is 0. The van der Waals surface area contributed by atoms with E-state index in [4.69, 9.17) is 5.11 Å². The smallest absolute Gasteiger partial charge is 0.303 e. The first kappa shape index (κ1) is 16.2. The minimum Gasteiger partial charge on any atom is -0.481 e. The van der Waals surface area contributed by atoms with Crippen molar-refractivity contribution in [3.8, 4) is 0 Å². The first-order valence-corrected chi connectivity index (χ1v) is 7.05. The van der Waals surface area contributed by atoms with Gasteiger partial charge in [-0.2, -0.15) is 0 Å². The summed E-state index contributed by atoms with van der Waals surface area (Å²) in [5.41, 5.74) is -0.104. The fraction of sp³-hybridized carbons (Fsp3) is 0.643. The monoisotopic (exact) mass is 281 g/mol. The summed E-state index contributed by atoms with van der Waals surface area (Å²) >= 11 is 0. The van der Waals surface area contributed by atoms with Gasteiger partial charge in [0.1, 0.15) is 0 Å². The normalized spacial score (nSPS) is 12.1. The maximum atomic E-state index is 12.0. The van der Waals surface area contributed by atoms with Crippen LogP contribution in [0.4, 0.5) is 5.82 Å². The lowest BCUT2D eigenvalue weighted by Gasteiger charge is -2.11. The molecule has 1 atom stereocenters. The van der Waals surface area contributed by atoms with Crippen molar-refractivity contribution in [3.63, 3.8) is 0 Å². The molecule has 0 amide bonds. The summed E-state index contributed by atoms with van der Waals surface area (Å²) < 4.78 is 1.64. The predicted octanol–water partition coefficient (Wildman–Crippen LogP) is 1.96. The predicted molar refractivity (Wildman–Crippen MR) is 77.9 cm³/mol. The van der Waals surface area contributed by atoms with Gasteiger partial charge < -0.3 is 15.0 Å². The summed E-state index contributed by atoms with van der Waals surface area (Å²) in [6.07, 6.45) is 5.86. The third-order valence-electron chi connectivity index (χ3n) is 3.16. The highest BCUT2D eigenvalue weighted by Crippen LogP contribution is 2.10. The van der Waals surface area contributed by atoms with Gasteiger partial charge in [0.05, 0.1) is 0 Å². The van der Waals surface area contributed by atoms with E-state index in [0.29, 0.717) is 31.2 Å². The van der Waals surface area contributed by atoms with Gasteiger partial charge in [0.2, 0.25) is 0 Å². The van der Waals surface area contributed by atoms with Gasteiger partial charge in [-0.15, -0.1) is 0 Å². The number of aliphatic carboxylic acids is 1. The fourth-order valence-corrected chi connectivity index (χ4v) is 1.94. The number of rotatable bonds is 9. The van der Waals surface area contributed by atoms with Crippen molar-refractivity contribution in [2.24, 2.45) is 5.92 Å². The van der Waals surface area contributed by atoms with Gasteiger partial charge in [0.25, 0.3) is 5.56 Å². The molecule has 0 radical (unpaired) electrons. The Bertz CT molecular complexity index is 485. The standard InChI is InChI=1S/C14H23N3O3/c1-3-9-17-10-8-16-13(14(17)20)15-7-6-11(2)4-5-12(18)19/h8,10-11H,3-7,9H2,1-2H3,(H,15,16)(H,18,19). The van der Waals surface area contributed by atoms with Crippen molar-refractivity contribution in [2.75, 3.05) is 11.9 Å². The van der Waals surface area contributed by atoms with E-state index in [1.54, 1.807) is 17.0 Å². The number of hydrogen-bond donors (Lipinski definition) is 2. The van der Waals surface area contributed by atoms with Gasteiger partial charge in [-0.1, -0.05) is 13.8 Å². The van der Waals surface area contributed by atoms with Crippen LogP contribution >= 0.6 is 0 Å². The highest BCUT2D eigenvalue weighted by molar-refractivity contribution is 5.66. The molecule has 112 valence electrons.